The Kier molecular flexibility index (Phi) is 3.24. The number of methoxy groups -OCH3 is 1. The number of hydrogen-bond acceptors (Lipinski definition) is 5. The average Bonchev–Trinajstić information content (AvgIpc) is 2.74. The van der Waals surface area contributed by atoms with Crippen LogP contribution in [-0.4, -0.2) is 28.5 Å². The van der Waals surface area contributed by atoms with Gasteiger partial charge in [-0.3, -0.25) is 4.21 Å². The third kappa shape index (κ3) is 2.08. The molecule has 0 spiro atoms. The minimum absolute atomic E-state index is 0.0531. The molecule has 0 bridgehead atoms. The molecule has 3 atom stereocenters. The molecule has 0 aliphatic carbocycles. The fourth-order valence-electron chi connectivity index (χ4n) is 3.73. The molecule has 0 aromatic heterocycles. The van der Waals surface area contributed by atoms with E-state index in [-0.39, 0.29) is 11.8 Å². The number of hydrogen-bond donors (Lipinski definition) is 0. The monoisotopic (exact) mass is 350 g/mol. The number of rotatable bonds is 1. The van der Waals surface area contributed by atoms with E-state index in [1.54, 1.807) is 7.11 Å². The molecule has 4 rings (SSSR count). The first-order valence-corrected chi connectivity index (χ1v) is 9.24. The summed E-state index contributed by atoms with van der Waals surface area (Å²) in [5, 5.41) is 0. The smallest absolute Gasteiger partial charge is 0.294 e. The van der Waals surface area contributed by atoms with E-state index in [1.165, 1.54) is 0 Å². The summed E-state index contributed by atoms with van der Waals surface area (Å²) in [6.45, 7) is 8.24. The summed E-state index contributed by atoms with van der Waals surface area (Å²) < 4.78 is 36.4. The molecule has 0 N–H and O–H groups in total. The number of allylic oxidation sites excluding steroid dienone is 1. The van der Waals surface area contributed by atoms with Crippen LogP contribution < -0.4 is 9.47 Å². The molecule has 0 radical (unpaired) electrons. The highest BCUT2D eigenvalue weighted by atomic mass is 32.2. The Balaban J connectivity index is 1.92. The van der Waals surface area contributed by atoms with Gasteiger partial charge in [0.2, 0.25) is 0 Å². The fraction of sp³-hybridized carbons (Fsp3) is 0.556. The maximum absolute atomic E-state index is 13.1. The van der Waals surface area contributed by atoms with Crippen molar-refractivity contribution < 1.29 is 23.2 Å². The molecule has 6 heteroatoms. The Bertz CT molecular complexity index is 765. The Hall–Kier alpha value is -1.69. The van der Waals surface area contributed by atoms with E-state index in [1.807, 2.05) is 45.9 Å². The van der Waals surface area contributed by atoms with Crippen molar-refractivity contribution in [3.8, 4) is 11.5 Å². The average molecular weight is 350 g/mol. The van der Waals surface area contributed by atoms with E-state index in [2.05, 4.69) is 0 Å². The molecule has 1 aromatic rings. The van der Waals surface area contributed by atoms with Gasteiger partial charge >= 0.3 is 0 Å². The molecule has 3 aliphatic heterocycles. The van der Waals surface area contributed by atoms with Gasteiger partial charge in [0.25, 0.3) is 5.95 Å². The molecule has 1 unspecified atom stereocenters. The highest BCUT2D eigenvalue weighted by molar-refractivity contribution is 7.90. The molecule has 130 valence electrons. The van der Waals surface area contributed by atoms with Gasteiger partial charge in [-0.15, -0.1) is 0 Å². The second-order valence-corrected chi connectivity index (χ2v) is 9.39. The van der Waals surface area contributed by atoms with E-state index in [0.717, 1.165) is 22.0 Å². The van der Waals surface area contributed by atoms with Crippen molar-refractivity contribution in [2.75, 3.05) is 13.7 Å². The lowest BCUT2D eigenvalue weighted by atomic mass is 9.74. The van der Waals surface area contributed by atoms with Crippen molar-refractivity contribution in [1.29, 1.82) is 0 Å². The standard InChI is InChI=1S/C18H22O5S/c1-17(2)12-9-21-13-7-6-10(20-5)8-11(13)14(12)15-16(22-17)23-18(3,4)24(15)19/h6-8,12,14H,9H2,1-5H3/t12-,14+,24?/m0/s1. The normalized spacial score (nSPS) is 31.8. The van der Waals surface area contributed by atoms with Crippen molar-refractivity contribution in [3.63, 3.8) is 0 Å². The Labute approximate surface area is 144 Å². The summed E-state index contributed by atoms with van der Waals surface area (Å²) in [4.78, 5) is -0.0467. The van der Waals surface area contributed by atoms with Gasteiger partial charge in [-0.25, -0.2) is 0 Å². The predicted molar refractivity (Wildman–Crippen MR) is 90.2 cm³/mol. The van der Waals surface area contributed by atoms with Crippen molar-refractivity contribution in [1.82, 2.24) is 0 Å². The van der Waals surface area contributed by atoms with Gasteiger partial charge in [-0.2, -0.15) is 0 Å². The molecular weight excluding hydrogens is 328 g/mol. The first-order valence-electron chi connectivity index (χ1n) is 8.09. The molecule has 0 amide bonds. The molecule has 0 saturated heterocycles. The van der Waals surface area contributed by atoms with Gasteiger partial charge in [0, 0.05) is 17.4 Å². The molecule has 0 fully saturated rings. The quantitative estimate of drug-likeness (QED) is 0.778. The van der Waals surface area contributed by atoms with Crippen molar-refractivity contribution in [2.45, 2.75) is 44.1 Å². The van der Waals surface area contributed by atoms with Crippen molar-refractivity contribution >= 4 is 10.8 Å². The third-order valence-corrected chi connectivity index (χ3v) is 6.89. The van der Waals surface area contributed by atoms with E-state index in [0.29, 0.717) is 12.6 Å². The van der Waals surface area contributed by atoms with Crippen LogP contribution >= 0.6 is 0 Å². The molecule has 1 aromatic carbocycles. The third-order valence-electron chi connectivity index (χ3n) is 5.09. The van der Waals surface area contributed by atoms with E-state index in [4.69, 9.17) is 18.9 Å². The highest BCUT2D eigenvalue weighted by Crippen LogP contribution is 2.56. The lowest BCUT2D eigenvalue weighted by Gasteiger charge is -2.45. The van der Waals surface area contributed by atoms with E-state index < -0.39 is 21.3 Å². The summed E-state index contributed by atoms with van der Waals surface area (Å²) in [7, 11) is 0.359. The molecule has 5 nitrogen and oxygen atoms in total. The van der Waals surface area contributed by atoms with Crippen molar-refractivity contribution in [2.24, 2.45) is 5.92 Å². The zero-order valence-electron chi connectivity index (χ0n) is 14.5. The Morgan fingerprint density at radius 3 is 2.67 bits per heavy atom. The molecule has 0 saturated carbocycles. The topological polar surface area (TPSA) is 54.0 Å². The zero-order chi connectivity index (χ0) is 17.3. The summed E-state index contributed by atoms with van der Waals surface area (Å²) >= 11 is 0. The first kappa shape index (κ1) is 15.8. The summed E-state index contributed by atoms with van der Waals surface area (Å²) in [6, 6.07) is 5.77. The largest absolute Gasteiger partial charge is 0.497 e. The Morgan fingerprint density at radius 1 is 1.21 bits per heavy atom. The fourth-order valence-corrected chi connectivity index (χ4v) is 5.16. The minimum atomic E-state index is -1.28. The SMILES string of the molecule is COc1ccc2c(c1)[C@H]1C3=C(OC(C)(C)[C@H]1CO2)OC(C)(C)S3=O. The van der Waals surface area contributed by atoms with Crippen LogP contribution in [0.15, 0.2) is 29.0 Å². The minimum Gasteiger partial charge on any atom is -0.497 e. The molecule has 24 heavy (non-hydrogen) atoms. The summed E-state index contributed by atoms with van der Waals surface area (Å²) in [5.74, 6) is 1.97. The van der Waals surface area contributed by atoms with Crippen LogP contribution in [-0.2, 0) is 20.3 Å². The number of benzene rings is 1. The van der Waals surface area contributed by atoms with Gasteiger partial charge in [0.05, 0.1) is 13.7 Å². The van der Waals surface area contributed by atoms with Gasteiger partial charge in [0.15, 0.2) is 4.93 Å². The second kappa shape index (κ2) is 4.91. The maximum Gasteiger partial charge on any atom is 0.294 e. The number of ether oxygens (including phenoxy) is 4. The summed E-state index contributed by atoms with van der Waals surface area (Å²) in [5.41, 5.74) is 0.513. The summed E-state index contributed by atoms with van der Waals surface area (Å²) in [6.07, 6.45) is 0. The van der Waals surface area contributed by atoms with E-state index in [9.17, 15) is 4.21 Å². The van der Waals surface area contributed by atoms with Crippen LogP contribution in [0, 0.1) is 5.92 Å². The van der Waals surface area contributed by atoms with E-state index >= 15 is 0 Å². The van der Waals surface area contributed by atoms with Crippen LogP contribution in [0.5, 0.6) is 11.5 Å². The Morgan fingerprint density at radius 2 is 1.96 bits per heavy atom. The highest BCUT2D eigenvalue weighted by Gasteiger charge is 2.57. The van der Waals surface area contributed by atoms with Crippen LogP contribution in [0.3, 0.4) is 0 Å². The van der Waals surface area contributed by atoms with Crippen LogP contribution in [0.1, 0.15) is 39.2 Å². The van der Waals surface area contributed by atoms with Gasteiger partial charge in [-0.05, 0) is 45.9 Å². The first-order chi connectivity index (χ1) is 11.2. The zero-order valence-corrected chi connectivity index (χ0v) is 15.4. The van der Waals surface area contributed by atoms with Gasteiger partial charge in [0.1, 0.15) is 32.8 Å². The van der Waals surface area contributed by atoms with Gasteiger partial charge < -0.3 is 18.9 Å². The second-order valence-electron chi connectivity index (χ2n) is 7.43. The molecule has 3 aliphatic rings. The van der Waals surface area contributed by atoms with Gasteiger partial charge in [-0.1, -0.05) is 0 Å². The number of fused-ring (bicyclic) bond motifs is 4. The lowest BCUT2D eigenvalue weighted by molar-refractivity contribution is -0.125. The molecule has 3 heterocycles. The predicted octanol–water partition coefficient (Wildman–Crippen LogP) is 3.28. The molecular formula is C18H22O5S. The van der Waals surface area contributed by atoms with Crippen LogP contribution in [0.4, 0.5) is 0 Å². The van der Waals surface area contributed by atoms with Crippen LogP contribution in [0.2, 0.25) is 0 Å². The van der Waals surface area contributed by atoms with Crippen LogP contribution in [0.25, 0.3) is 0 Å². The van der Waals surface area contributed by atoms with Crippen molar-refractivity contribution in [3.05, 3.63) is 34.6 Å². The maximum atomic E-state index is 13.1. The lowest BCUT2D eigenvalue weighted by Crippen LogP contribution is -2.47.